The number of rotatable bonds is 6. The lowest BCUT2D eigenvalue weighted by atomic mass is 10.1. The molecule has 7 heteroatoms. The number of nitrogens with one attached hydrogen (secondary N) is 1. The Morgan fingerprint density at radius 1 is 1.12 bits per heavy atom. The smallest absolute Gasteiger partial charge is 0.263 e. The molecule has 0 radical (unpaired) electrons. The van der Waals surface area contributed by atoms with Crippen molar-refractivity contribution in [2.75, 3.05) is 19.5 Å². The van der Waals surface area contributed by atoms with Gasteiger partial charge >= 0.3 is 0 Å². The van der Waals surface area contributed by atoms with Crippen LogP contribution in [0.3, 0.4) is 0 Å². The molecule has 1 amide bonds. The normalized spacial score (nSPS) is 10.4. The van der Waals surface area contributed by atoms with Crippen LogP contribution in [0.2, 0.25) is 5.02 Å². The molecule has 2 aromatic carbocycles. The summed E-state index contributed by atoms with van der Waals surface area (Å²) in [5, 5.41) is 7.75. The number of ether oxygens (including phenoxy) is 2. The summed E-state index contributed by atoms with van der Waals surface area (Å²) in [5.74, 6) is 0.534. The molecule has 3 aromatic rings. The number of anilines is 1. The minimum Gasteiger partial charge on any atom is -0.496 e. The number of benzene rings is 2. The first-order chi connectivity index (χ1) is 12.6. The van der Waals surface area contributed by atoms with Crippen LogP contribution < -0.4 is 14.8 Å². The highest BCUT2D eigenvalue weighted by Crippen LogP contribution is 2.29. The number of carbonyl (C=O) groups is 1. The van der Waals surface area contributed by atoms with Gasteiger partial charge in [-0.05, 0) is 23.8 Å². The third-order valence-corrected chi connectivity index (χ3v) is 4.20. The average molecular weight is 372 g/mol. The van der Waals surface area contributed by atoms with Gasteiger partial charge in [-0.2, -0.15) is 5.10 Å². The van der Waals surface area contributed by atoms with Crippen molar-refractivity contribution in [2.45, 2.75) is 6.54 Å². The van der Waals surface area contributed by atoms with E-state index in [1.165, 1.54) is 14.2 Å². The summed E-state index contributed by atoms with van der Waals surface area (Å²) in [6.07, 6.45) is 3.32. The molecule has 1 heterocycles. The minimum absolute atomic E-state index is 0.330. The van der Waals surface area contributed by atoms with Crippen LogP contribution in [-0.2, 0) is 6.54 Å². The fourth-order valence-corrected chi connectivity index (χ4v) is 2.78. The summed E-state index contributed by atoms with van der Waals surface area (Å²) in [5.41, 5.74) is 1.84. The number of aromatic nitrogens is 2. The lowest BCUT2D eigenvalue weighted by molar-refractivity contribution is 0.102. The second-order valence-electron chi connectivity index (χ2n) is 5.51. The van der Waals surface area contributed by atoms with Gasteiger partial charge in [0.15, 0.2) is 0 Å². The largest absolute Gasteiger partial charge is 0.496 e. The maximum atomic E-state index is 12.7. The summed E-state index contributed by atoms with van der Waals surface area (Å²) in [7, 11) is 3.01. The molecule has 0 aliphatic carbocycles. The van der Waals surface area contributed by atoms with E-state index in [0.717, 1.165) is 5.56 Å². The molecular weight excluding hydrogens is 354 g/mol. The zero-order valence-corrected chi connectivity index (χ0v) is 15.2. The minimum atomic E-state index is -0.336. The van der Waals surface area contributed by atoms with E-state index in [0.29, 0.717) is 34.3 Å². The summed E-state index contributed by atoms with van der Waals surface area (Å²) >= 11 is 6.17. The number of halogens is 1. The highest BCUT2D eigenvalue weighted by molar-refractivity contribution is 6.31. The second-order valence-corrected chi connectivity index (χ2v) is 5.92. The van der Waals surface area contributed by atoms with Gasteiger partial charge in [-0.25, -0.2) is 0 Å². The maximum absolute atomic E-state index is 12.7. The Morgan fingerprint density at radius 2 is 1.81 bits per heavy atom. The van der Waals surface area contributed by atoms with E-state index in [4.69, 9.17) is 21.1 Å². The molecule has 6 nitrogen and oxygen atoms in total. The fourth-order valence-electron chi connectivity index (χ4n) is 2.58. The Labute approximate surface area is 156 Å². The van der Waals surface area contributed by atoms with Crippen LogP contribution in [0.15, 0.2) is 54.9 Å². The van der Waals surface area contributed by atoms with Crippen molar-refractivity contribution in [2.24, 2.45) is 0 Å². The van der Waals surface area contributed by atoms with Crippen molar-refractivity contribution < 1.29 is 14.3 Å². The van der Waals surface area contributed by atoms with Crippen molar-refractivity contribution >= 4 is 23.2 Å². The van der Waals surface area contributed by atoms with Crippen LogP contribution in [0, 0.1) is 0 Å². The number of methoxy groups -OCH3 is 2. The molecule has 0 aliphatic heterocycles. The standard InChI is InChI=1S/C19H18ClN3O3/c1-25-16-8-5-9-17(26-2)18(16)19(24)22-14-10-21-23(12-14)11-13-6-3-4-7-15(13)20/h3-10,12H,11H2,1-2H3,(H,22,24). The van der Waals surface area contributed by atoms with Gasteiger partial charge in [-0.15, -0.1) is 0 Å². The summed E-state index contributed by atoms with van der Waals surface area (Å²) in [6.45, 7) is 0.507. The fraction of sp³-hybridized carbons (Fsp3) is 0.158. The van der Waals surface area contributed by atoms with Gasteiger partial charge in [0.1, 0.15) is 17.1 Å². The highest BCUT2D eigenvalue weighted by Gasteiger charge is 2.18. The summed E-state index contributed by atoms with van der Waals surface area (Å²) < 4.78 is 12.2. The first-order valence-corrected chi connectivity index (χ1v) is 8.28. The first kappa shape index (κ1) is 17.8. The molecule has 1 N–H and O–H groups in total. The molecule has 0 unspecified atom stereocenters. The Morgan fingerprint density at radius 3 is 2.46 bits per heavy atom. The van der Waals surface area contributed by atoms with Gasteiger partial charge in [0.2, 0.25) is 0 Å². The van der Waals surface area contributed by atoms with Crippen molar-refractivity contribution in [1.82, 2.24) is 9.78 Å². The van der Waals surface area contributed by atoms with Crippen LogP contribution in [-0.4, -0.2) is 29.9 Å². The molecule has 0 saturated carbocycles. The third-order valence-electron chi connectivity index (χ3n) is 3.84. The monoisotopic (exact) mass is 371 g/mol. The zero-order chi connectivity index (χ0) is 18.5. The van der Waals surface area contributed by atoms with E-state index in [-0.39, 0.29) is 5.91 Å². The van der Waals surface area contributed by atoms with Crippen molar-refractivity contribution in [3.63, 3.8) is 0 Å². The van der Waals surface area contributed by atoms with Crippen LogP contribution in [0.5, 0.6) is 11.5 Å². The molecule has 26 heavy (non-hydrogen) atoms. The van der Waals surface area contributed by atoms with Crippen molar-refractivity contribution in [3.8, 4) is 11.5 Å². The topological polar surface area (TPSA) is 65.4 Å². The number of nitrogens with zero attached hydrogens (tertiary/aromatic N) is 2. The SMILES string of the molecule is COc1cccc(OC)c1C(=O)Nc1cnn(Cc2ccccc2Cl)c1. The van der Waals surface area contributed by atoms with Crippen LogP contribution in [0.1, 0.15) is 15.9 Å². The lowest BCUT2D eigenvalue weighted by Gasteiger charge is -2.12. The molecular formula is C19H18ClN3O3. The first-order valence-electron chi connectivity index (χ1n) is 7.90. The zero-order valence-electron chi connectivity index (χ0n) is 14.4. The molecule has 0 aliphatic rings. The van der Waals surface area contributed by atoms with Crippen LogP contribution >= 0.6 is 11.6 Å². The van der Waals surface area contributed by atoms with E-state index in [2.05, 4.69) is 10.4 Å². The second kappa shape index (κ2) is 7.93. The number of carbonyl (C=O) groups excluding carboxylic acids is 1. The predicted octanol–water partition coefficient (Wildman–Crippen LogP) is 3.85. The van der Waals surface area contributed by atoms with Gasteiger partial charge in [-0.1, -0.05) is 35.9 Å². The Hall–Kier alpha value is -2.99. The lowest BCUT2D eigenvalue weighted by Crippen LogP contribution is -2.14. The molecule has 0 bridgehead atoms. The Bertz CT molecular complexity index is 902. The van der Waals surface area contributed by atoms with Gasteiger partial charge in [-0.3, -0.25) is 9.48 Å². The maximum Gasteiger partial charge on any atom is 0.263 e. The van der Waals surface area contributed by atoms with E-state index in [9.17, 15) is 4.79 Å². The third kappa shape index (κ3) is 3.81. The van der Waals surface area contributed by atoms with Gasteiger partial charge in [0.25, 0.3) is 5.91 Å². The molecule has 0 saturated heterocycles. The van der Waals surface area contributed by atoms with Crippen LogP contribution in [0.25, 0.3) is 0 Å². The van der Waals surface area contributed by atoms with Gasteiger partial charge in [0, 0.05) is 11.2 Å². The highest BCUT2D eigenvalue weighted by atomic mass is 35.5. The molecule has 134 valence electrons. The molecule has 3 rings (SSSR count). The number of hydrogen-bond acceptors (Lipinski definition) is 4. The molecule has 1 aromatic heterocycles. The summed E-state index contributed by atoms with van der Waals surface area (Å²) in [6, 6.07) is 12.7. The Balaban J connectivity index is 1.78. The molecule has 0 atom stereocenters. The van der Waals surface area contributed by atoms with E-state index >= 15 is 0 Å². The Kier molecular flexibility index (Phi) is 5.43. The van der Waals surface area contributed by atoms with Gasteiger partial charge in [0.05, 0.1) is 32.6 Å². The number of hydrogen-bond donors (Lipinski definition) is 1. The van der Waals surface area contributed by atoms with Crippen molar-refractivity contribution in [3.05, 3.63) is 71.0 Å². The van der Waals surface area contributed by atoms with E-state index in [1.807, 2.05) is 24.3 Å². The van der Waals surface area contributed by atoms with E-state index < -0.39 is 0 Å². The number of amides is 1. The van der Waals surface area contributed by atoms with Crippen molar-refractivity contribution in [1.29, 1.82) is 0 Å². The van der Waals surface area contributed by atoms with Gasteiger partial charge < -0.3 is 14.8 Å². The molecule has 0 spiro atoms. The quantitative estimate of drug-likeness (QED) is 0.714. The predicted molar refractivity (Wildman–Crippen MR) is 100 cm³/mol. The van der Waals surface area contributed by atoms with Crippen LogP contribution in [0.4, 0.5) is 5.69 Å². The average Bonchev–Trinajstić information content (AvgIpc) is 3.09. The summed E-state index contributed by atoms with van der Waals surface area (Å²) in [4.78, 5) is 12.7. The molecule has 0 fully saturated rings. The van der Waals surface area contributed by atoms with E-state index in [1.54, 1.807) is 35.3 Å².